The van der Waals surface area contributed by atoms with Gasteiger partial charge in [-0.2, -0.15) is 24.4 Å². The molecule has 0 aromatic carbocycles. The molecule has 1 aliphatic heterocycles. The van der Waals surface area contributed by atoms with Gasteiger partial charge in [0.1, 0.15) is 0 Å². The molecule has 1 nitrogen and oxygen atoms in total. The Bertz CT molecular complexity index is 171. The van der Waals surface area contributed by atoms with Crippen LogP contribution in [0.15, 0.2) is 0 Å². The van der Waals surface area contributed by atoms with E-state index in [1.165, 1.54) is 51.1 Å². The first-order valence-corrected chi connectivity index (χ1v) is 7.73. The maximum absolute atomic E-state index is 4.24. The van der Waals surface area contributed by atoms with Gasteiger partial charge in [-0.3, -0.25) is 0 Å². The quantitative estimate of drug-likeness (QED) is 0.586. The van der Waals surface area contributed by atoms with E-state index in [2.05, 4.69) is 43.1 Å². The Morgan fingerprint density at radius 3 is 2.73 bits per heavy atom. The van der Waals surface area contributed by atoms with Crippen LogP contribution in [0.5, 0.6) is 0 Å². The van der Waals surface area contributed by atoms with E-state index in [-0.39, 0.29) is 0 Å². The average Bonchev–Trinajstić information content (AvgIpc) is 2.35. The number of hydrogen-bond donors (Lipinski definition) is 1. The van der Waals surface area contributed by atoms with E-state index in [1.807, 2.05) is 0 Å². The van der Waals surface area contributed by atoms with E-state index < -0.39 is 0 Å². The third kappa shape index (κ3) is 6.08. The molecule has 0 spiro atoms. The van der Waals surface area contributed by atoms with Gasteiger partial charge < -0.3 is 4.90 Å². The highest BCUT2D eigenvalue weighted by Crippen LogP contribution is 2.30. The van der Waals surface area contributed by atoms with E-state index in [4.69, 9.17) is 0 Å². The first kappa shape index (κ1) is 13.7. The molecule has 3 heteroatoms. The van der Waals surface area contributed by atoms with Gasteiger partial charge in [-0.25, -0.2) is 0 Å². The average molecular weight is 247 g/mol. The molecule has 0 aliphatic carbocycles. The van der Waals surface area contributed by atoms with E-state index in [1.54, 1.807) is 0 Å². The molecule has 0 unspecified atom stereocenters. The molecule has 0 saturated carbocycles. The molecule has 0 N–H and O–H groups in total. The predicted octanol–water partition coefficient (Wildman–Crippen LogP) is 3.30. The lowest BCUT2D eigenvalue weighted by Crippen LogP contribution is -2.28. The molecule has 0 atom stereocenters. The molecule has 1 heterocycles. The number of thiol groups is 1. The third-order valence-corrected chi connectivity index (χ3v) is 4.75. The van der Waals surface area contributed by atoms with Gasteiger partial charge in [0.05, 0.1) is 0 Å². The number of unbranched alkanes of at least 4 members (excludes halogenated alkanes) is 2. The maximum Gasteiger partial charge on any atom is 0.0116 e. The Balaban J connectivity index is 2.14. The van der Waals surface area contributed by atoms with Crippen molar-refractivity contribution in [3.05, 3.63) is 0 Å². The summed E-state index contributed by atoms with van der Waals surface area (Å²) in [5, 5.41) is 0. The summed E-state index contributed by atoms with van der Waals surface area (Å²) in [7, 11) is 0. The first-order valence-electron chi connectivity index (χ1n) is 6.11. The standard InChI is InChI=1S/C12H25NS2/c1-12(2)6-8-13(9-11-15-12)7-4-3-5-10-14/h14H,3-11H2,1-2H3. The van der Waals surface area contributed by atoms with Crippen LogP contribution in [0.3, 0.4) is 0 Å². The highest BCUT2D eigenvalue weighted by Gasteiger charge is 2.22. The monoisotopic (exact) mass is 247 g/mol. The van der Waals surface area contributed by atoms with Crippen LogP contribution in [-0.4, -0.2) is 40.8 Å². The van der Waals surface area contributed by atoms with E-state index in [0.29, 0.717) is 4.75 Å². The zero-order valence-electron chi connectivity index (χ0n) is 10.2. The van der Waals surface area contributed by atoms with Gasteiger partial charge in [-0.15, -0.1) is 0 Å². The summed E-state index contributed by atoms with van der Waals surface area (Å²) in [6, 6.07) is 0. The lowest BCUT2D eigenvalue weighted by Gasteiger charge is -2.22. The van der Waals surface area contributed by atoms with Gasteiger partial charge in [-0.1, -0.05) is 20.3 Å². The van der Waals surface area contributed by atoms with Crippen molar-refractivity contribution in [1.82, 2.24) is 4.90 Å². The summed E-state index contributed by atoms with van der Waals surface area (Å²) >= 11 is 6.38. The topological polar surface area (TPSA) is 3.24 Å². The van der Waals surface area contributed by atoms with Crippen LogP contribution in [0.2, 0.25) is 0 Å². The molecule has 90 valence electrons. The van der Waals surface area contributed by atoms with Gasteiger partial charge in [0.25, 0.3) is 0 Å². The highest BCUT2D eigenvalue weighted by molar-refractivity contribution is 8.00. The third-order valence-electron chi connectivity index (χ3n) is 3.06. The summed E-state index contributed by atoms with van der Waals surface area (Å²) in [6.07, 6.45) is 5.31. The number of hydrogen-bond acceptors (Lipinski definition) is 3. The van der Waals surface area contributed by atoms with Crippen molar-refractivity contribution >= 4 is 24.4 Å². The smallest absolute Gasteiger partial charge is 0.0116 e. The molecule has 1 fully saturated rings. The van der Waals surface area contributed by atoms with Crippen molar-refractivity contribution in [2.24, 2.45) is 0 Å². The molecule has 0 radical (unpaired) electrons. The van der Waals surface area contributed by atoms with Crippen molar-refractivity contribution in [2.45, 2.75) is 44.3 Å². The highest BCUT2D eigenvalue weighted by atomic mass is 32.2. The summed E-state index contributed by atoms with van der Waals surface area (Å²) < 4.78 is 0.500. The van der Waals surface area contributed by atoms with Crippen LogP contribution >= 0.6 is 24.4 Å². The van der Waals surface area contributed by atoms with Crippen LogP contribution in [0.4, 0.5) is 0 Å². The van der Waals surface area contributed by atoms with Gasteiger partial charge in [0.2, 0.25) is 0 Å². The summed E-state index contributed by atoms with van der Waals surface area (Å²) in [5.74, 6) is 2.35. The fraction of sp³-hybridized carbons (Fsp3) is 1.00. The van der Waals surface area contributed by atoms with Crippen molar-refractivity contribution in [3.63, 3.8) is 0 Å². The zero-order valence-corrected chi connectivity index (χ0v) is 11.9. The lowest BCUT2D eigenvalue weighted by molar-refractivity contribution is 0.278. The van der Waals surface area contributed by atoms with Gasteiger partial charge in [0.15, 0.2) is 0 Å². The Labute approximate surface area is 105 Å². The minimum atomic E-state index is 0.500. The summed E-state index contributed by atoms with van der Waals surface area (Å²) in [6.45, 7) is 8.63. The van der Waals surface area contributed by atoms with Crippen molar-refractivity contribution in [2.75, 3.05) is 31.1 Å². The van der Waals surface area contributed by atoms with Crippen LogP contribution in [-0.2, 0) is 0 Å². The fourth-order valence-electron chi connectivity index (χ4n) is 1.91. The normalized spacial score (nSPS) is 22.6. The van der Waals surface area contributed by atoms with Gasteiger partial charge in [-0.05, 0) is 38.1 Å². The maximum atomic E-state index is 4.24. The van der Waals surface area contributed by atoms with Gasteiger partial charge in [0, 0.05) is 17.0 Å². The molecular formula is C12H25NS2. The Hall–Kier alpha value is 0.660. The predicted molar refractivity (Wildman–Crippen MR) is 75.3 cm³/mol. The van der Waals surface area contributed by atoms with Crippen molar-refractivity contribution < 1.29 is 0 Å². The molecule has 1 rings (SSSR count). The minimum absolute atomic E-state index is 0.500. The molecule has 15 heavy (non-hydrogen) atoms. The molecule has 0 aromatic heterocycles. The minimum Gasteiger partial charge on any atom is -0.302 e. The zero-order chi connectivity index (χ0) is 11.1. The van der Waals surface area contributed by atoms with E-state index >= 15 is 0 Å². The molecule has 0 amide bonds. The van der Waals surface area contributed by atoms with Crippen LogP contribution in [0, 0.1) is 0 Å². The molecule has 0 aromatic rings. The Morgan fingerprint density at radius 2 is 2.00 bits per heavy atom. The largest absolute Gasteiger partial charge is 0.302 e. The molecule has 1 saturated heterocycles. The van der Waals surface area contributed by atoms with Crippen molar-refractivity contribution in [3.8, 4) is 0 Å². The van der Waals surface area contributed by atoms with E-state index in [9.17, 15) is 0 Å². The second-order valence-electron chi connectivity index (χ2n) is 4.98. The number of thioether (sulfide) groups is 1. The summed E-state index contributed by atoms with van der Waals surface area (Å²) in [4.78, 5) is 2.64. The number of nitrogens with zero attached hydrogens (tertiary/aromatic N) is 1. The van der Waals surface area contributed by atoms with E-state index in [0.717, 1.165) is 5.75 Å². The fourth-order valence-corrected chi connectivity index (χ4v) is 3.27. The molecule has 0 bridgehead atoms. The van der Waals surface area contributed by atoms with Gasteiger partial charge >= 0.3 is 0 Å². The Morgan fingerprint density at radius 1 is 1.20 bits per heavy atom. The molecular weight excluding hydrogens is 222 g/mol. The first-order chi connectivity index (χ1) is 7.14. The van der Waals surface area contributed by atoms with Crippen LogP contribution in [0.25, 0.3) is 0 Å². The second kappa shape index (κ2) is 7.08. The van der Waals surface area contributed by atoms with Crippen LogP contribution in [0.1, 0.15) is 39.5 Å². The summed E-state index contributed by atoms with van der Waals surface area (Å²) in [5.41, 5.74) is 0. The lowest BCUT2D eigenvalue weighted by atomic mass is 10.1. The second-order valence-corrected chi connectivity index (χ2v) is 7.23. The molecule has 1 aliphatic rings. The Kier molecular flexibility index (Phi) is 6.48. The van der Waals surface area contributed by atoms with Crippen molar-refractivity contribution in [1.29, 1.82) is 0 Å². The van der Waals surface area contributed by atoms with Crippen LogP contribution < -0.4 is 0 Å². The SMILES string of the molecule is CC1(C)CCN(CCCCCS)CCS1. The number of rotatable bonds is 5.